The zero-order valence-electron chi connectivity index (χ0n) is 9.25. The summed E-state index contributed by atoms with van der Waals surface area (Å²) in [6.45, 7) is 4.62. The van der Waals surface area contributed by atoms with Gasteiger partial charge in [0.1, 0.15) is 0 Å². The van der Waals surface area contributed by atoms with Crippen molar-refractivity contribution in [3.05, 3.63) is 21.9 Å². The Balaban J connectivity index is 2.54. The lowest BCUT2D eigenvalue weighted by Gasteiger charge is -2.10. The van der Waals surface area contributed by atoms with E-state index in [2.05, 4.69) is 12.2 Å². The van der Waals surface area contributed by atoms with Crippen molar-refractivity contribution in [3.63, 3.8) is 0 Å². The van der Waals surface area contributed by atoms with Gasteiger partial charge in [-0.15, -0.1) is 11.3 Å². The molecule has 0 saturated carbocycles. The van der Waals surface area contributed by atoms with Crippen LogP contribution in [0.1, 0.15) is 35.5 Å². The third-order valence-electron chi connectivity index (χ3n) is 2.38. The Bertz CT molecular complexity index is 322. The summed E-state index contributed by atoms with van der Waals surface area (Å²) in [4.78, 5) is 12.6. The van der Waals surface area contributed by atoms with Crippen LogP contribution in [0.15, 0.2) is 11.4 Å². The first-order valence-electron chi connectivity index (χ1n) is 5.29. The van der Waals surface area contributed by atoms with E-state index in [1.54, 1.807) is 0 Å². The second kappa shape index (κ2) is 5.88. The molecule has 0 radical (unpaired) electrons. The Kier molecular flexibility index (Phi) is 4.78. The van der Waals surface area contributed by atoms with Crippen molar-refractivity contribution >= 4 is 17.2 Å². The van der Waals surface area contributed by atoms with Crippen molar-refractivity contribution in [2.75, 3.05) is 6.54 Å². The van der Waals surface area contributed by atoms with Crippen molar-refractivity contribution in [3.8, 4) is 0 Å². The van der Waals surface area contributed by atoms with E-state index in [1.165, 1.54) is 11.3 Å². The van der Waals surface area contributed by atoms with Crippen LogP contribution in [0.4, 0.5) is 0 Å². The fourth-order valence-corrected chi connectivity index (χ4v) is 2.17. The first kappa shape index (κ1) is 12.2. The molecular weight excluding hydrogens is 208 g/mol. The number of hydrogen-bond donors (Lipinski definition) is 2. The summed E-state index contributed by atoms with van der Waals surface area (Å²) in [7, 11) is 0. The summed E-state index contributed by atoms with van der Waals surface area (Å²) in [6.07, 6.45) is 1.78. The van der Waals surface area contributed by atoms with Crippen LogP contribution >= 0.6 is 11.3 Å². The fraction of sp³-hybridized carbons (Fsp3) is 0.545. The molecule has 0 aromatic carbocycles. The van der Waals surface area contributed by atoms with Crippen molar-refractivity contribution in [2.24, 2.45) is 5.73 Å². The lowest BCUT2D eigenvalue weighted by atomic mass is 10.2. The predicted octanol–water partition coefficient (Wildman–Crippen LogP) is 1.78. The van der Waals surface area contributed by atoms with Crippen LogP contribution in [0.25, 0.3) is 0 Å². The molecular formula is C11H18N2OS. The number of thiophene rings is 1. The third kappa shape index (κ3) is 3.32. The number of carbonyl (C=O) groups is 1. The van der Waals surface area contributed by atoms with Crippen LogP contribution in [0.5, 0.6) is 0 Å². The van der Waals surface area contributed by atoms with Gasteiger partial charge in [-0.3, -0.25) is 4.79 Å². The molecule has 1 heterocycles. The minimum absolute atomic E-state index is 0.00532. The highest BCUT2D eigenvalue weighted by molar-refractivity contribution is 7.12. The number of amides is 1. The topological polar surface area (TPSA) is 55.1 Å². The zero-order chi connectivity index (χ0) is 11.3. The van der Waals surface area contributed by atoms with Crippen molar-refractivity contribution < 1.29 is 4.79 Å². The highest BCUT2D eigenvalue weighted by atomic mass is 32.1. The fourth-order valence-electron chi connectivity index (χ4n) is 1.26. The molecule has 1 atom stereocenters. The molecule has 0 bridgehead atoms. The van der Waals surface area contributed by atoms with E-state index in [9.17, 15) is 4.79 Å². The second-order valence-corrected chi connectivity index (χ2v) is 4.42. The summed E-state index contributed by atoms with van der Waals surface area (Å²) >= 11 is 1.49. The molecule has 1 aromatic rings. The van der Waals surface area contributed by atoms with Gasteiger partial charge in [0.2, 0.25) is 0 Å². The maximum atomic E-state index is 11.7. The number of nitrogens with two attached hydrogens (primary N) is 1. The molecule has 1 amide bonds. The lowest BCUT2D eigenvalue weighted by molar-refractivity contribution is 0.0954. The van der Waals surface area contributed by atoms with Gasteiger partial charge in [-0.1, -0.05) is 13.8 Å². The first-order chi connectivity index (χ1) is 7.19. The molecule has 1 rings (SSSR count). The maximum Gasteiger partial charge on any atom is 0.261 e. The number of rotatable bonds is 5. The van der Waals surface area contributed by atoms with E-state index in [0.717, 1.165) is 23.3 Å². The largest absolute Gasteiger partial charge is 0.350 e. The summed E-state index contributed by atoms with van der Waals surface area (Å²) in [5, 5.41) is 4.81. The van der Waals surface area contributed by atoms with Gasteiger partial charge in [0.25, 0.3) is 5.91 Å². The van der Waals surface area contributed by atoms with Gasteiger partial charge in [-0.05, 0) is 29.9 Å². The minimum Gasteiger partial charge on any atom is -0.350 e. The predicted molar refractivity (Wildman–Crippen MR) is 64.3 cm³/mol. The van der Waals surface area contributed by atoms with E-state index >= 15 is 0 Å². The van der Waals surface area contributed by atoms with Gasteiger partial charge >= 0.3 is 0 Å². The average Bonchev–Trinajstić information content (AvgIpc) is 2.73. The molecule has 0 aliphatic carbocycles. The Hall–Kier alpha value is -0.870. The molecule has 0 aliphatic rings. The quantitative estimate of drug-likeness (QED) is 0.804. The molecule has 3 nitrogen and oxygen atoms in total. The molecule has 0 spiro atoms. The van der Waals surface area contributed by atoms with Crippen molar-refractivity contribution in [1.82, 2.24) is 5.32 Å². The van der Waals surface area contributed by atoms with Gasteiger partial charge in [-0.2, -0.15) is 0 Å². The van der Waals surface area contributed by atoms with Crippen LogP contribution < -0.4 is 11.1 Å². The van der Waals surface area contributed by atoms with E-state index < -0.39 is 0 Å². The number of nitrogens with one attached hydrogen (secondary N) is 1. The minimum atomic E-state index is 0.00532. The lowest BCUT2D eigenvalue weighted by Crippen LogP contribution is -2.36. The van der Waals surface area contributed by atoms with E-state index in [-0.39, 0.29) is 11.9 Å². The van der Waals surface area contributed by atoms with Crippen LogP contribution in [0.3, 0.4) is 0 Å². The van der Waals surface area contributed by atoms with Gasteiger partial charge in [-0.25, -0.2) is 0 Å². The van der Waals surface area contributed by atoms with Gasteiger partial charge in [0.15, 0.2) is 0 Å². The Morgan fingerprint density at radius 2 is 2.33 bits per heavy atom. The molecule has 4 heteroatoms. The molecule has 0 fully saturated rings. The number of aryl methyl sites for hydroxylation is 1. The standard InChI is InChI=1S/C11H18N2OS/c1-3-8-5-6-15-10(8)11(14)13-7-9(12)4-2/h5-6,9H,3-4,7,12H2,1-2H3,(H,13,14). The molecule has 1 unspecified atom stereocenters. The van der Waals surface area contributed by atoms with Gasteiger partial charge in [0, 0.05) is 12.6 Å². The van der Waals surface area contributed by atoms with Gasteiger partial charge in [0.05, 0.1) is 4.88 Å². The van der Waals surface area contributed by atoms with Crippen LogP contribution in [-0.4, -0.2) is 18.5 Å². The maximum absolute atomic E-state index is 11.7. The molecule has 84 valence electrons. The summed E-state index contributed by atoms with van der Waals surface area (Å²) in [5.74, 6) is 0.00532. The van der Waals surface area contributed by atoms with E-state index in [0.29, 0.717) is 6.54 Å². The Morgan fingerprint density at radius 1 is 1.60 bits per heavy atom. The zero-order valence-corrected chi connectivity index (χ0v) is 10.1. The van der Waals surface area contributed by atoms with Crippen LogP contribution in [0, 0.1) is 0 Å². The third-order valence-corrected chi connectivity index (χ3v) is 3.34. The second-order valence-electron chi connectivity index (χ2n) is 3.51. The summed E-state index contributed by atoms with van der Waals surface area (Å²) < 4.78 is 0. The summed E-state index contributed by atoms with van der Waals surface area (Å²) in [6, 6.07) is 2.05. The highest BCUT2D eigenvalue weighted by Crippen LogP contribution is 2.16. The molecule has 0 aliphatic heterocycles. The van der Waals surface area contributed by atoms with Gasteiger partial charge < -0.3 is 11.1 Å². The summed E-state index contributed by atoms with van der Waals surface area (Å²) in [5.41, 5.74) is 6.85. The van der Waals surface area contributed by atoms with Crippen molar-refractivity contribution in [2.45, 2.75) is 32.7 Å². The van der Waals surface area contributed by atoms with Crippen molar-refractivity contribution in [1.29, 1.82) is 0 Å². The monoisotopic (exact) mass is 226 g/mol. The van der Waals surface area contributed by atoms with E-state index in [1.807, 2.05) is 18.4 Å². The molecule has 1 aromatic heterocycles. The molecule has 0 saturated heterocycles. The molecule has 15 heavy (non-hydrogen) atoms. The first-order valence-corrected chi connectivity index (χ1v) is 6.17. The smallest absolute Gasteiger partial charge is 0.261 e. The highest BCUT2D eigenvalue weighted by Gasteiger charge is 2.12. The van der Waals surface area contributed by atoms with E-state index in [4.69, 9.17) is 5.73 Å². The Labute approximate surface area is 94.7 Å². The number of hydrogen-bond acceptors (Lipinski definition) is 3. The van der Waals surface area contributed by atoms with Crippen LogP contribution in [0.2, 0.25) is 0 Å². The Morgan fingerprint density at radius 3 is 2.93 bits per heavy atom. The van der Waals surface area contributed by atoms with Crippen LogP contribution in [-0.2, 0) is 6.42 Å². The molecule has 3 N–H and O–H groups in total. The average molecular weight is 226 g/mol. The normalized spacial score (nSPS) is 12.5. The SMILES string of the molecule is CCc1ccsc1C(=O)NCC(N)CC. The number of carbonyl (C=O) groups excluding carboxylic acids is 1.